The normalized spacial score (nSPS) is 9.62. The van der Waals surface area contributed by atoms with Crippen molar-refractivity contribution < 1.29 is 29.7 Å². The molecule has 0 atom stereocenters. The SMILES string of the molecule is CCCCCCCCC(=O)[O-].CCCCCCCCC(=O)[O-].CCCCCCCCC(=O)[O-].[Bi+3]. The van der Waals surface area contributed by atoms with Crippen molar-refractivity contribution in [3.05, 3.63) is 0 Å². The quantitative estimate of drug-likeness (QED) is 0.133. The number of carbonyl (C=O) groups is 3. The second-order valence-corrected chi connectivity index (χ2v) is 8.67. The zero-order valence-corrected chi connectivity index (χ0v) is 25.7. The van der Waals surface area contributed by atoms with Crippen LogP contribution in [0, 0.1) is 0 Å². The van der Waals surface area contributed by atoms with Gasteiger partial charge in [-0.05, 0) is 38.5 Å². The monoisotopic (exact) mass is 680 g/mol. The minimum Gasteiger partial charge on any atom is -0.550 e. The molecule has 0 rings (SSSR count). The van der Waals surface area contributed by atoms with E-state index in [4.69, 9.17) is 0 Å². The van der Waals surface area contributed by atoms with E-state index in [0.717, 1.165) is 38.5 Å². The number of aliphatic carboxylic acids is 3. The summed E-state index contributed by atoms with van der Waals surface area (Å²) in [6, 6.07) is 0. The van der Waals surface area contributed by atoms with Crippen molar-refractivity contribution in [1.82, 2.24) is 0 Å². The van der Waals surface area contributed by atoms with Crippen molar-refractivity contribution in [1.29, 1.82) is 0 Å². The maximum atomic E-state index is 9.98. The first-order valence-electron chi connectivity index (χ1n) is 13.4. The molecule has 0 saturated carbocycles. The Kier molecular flexibility index (Phi) is 43.9. The Morgan fingerprint density at radius 3 is 0.735 bits per heavy atom. The minimum absolute atomic E-state index is 0. The molecule has 0 heterocycles. The van der Waals surface area contributed by atoms with E-state index in [1.54, 1.807) is 0 Å². The van der Waals surface area contributed by atoms with Gasteiger partial charge >= 0.3 is 26.2 Å². The van der Waals surface area contributed by atoms with Gasteiger partial charge in [-0.15, -0.1) is 0 Å². The van der Waals surface area contributed by atoms with Crippen molar-refractivity contribution in [3.8, 4) is 0 Å². The number of carboxylic acid groups (broad SMARTS) is 3. The summed E-state index contributed by atoms with van der Waals surface area (Å²) in [6.45, 7) is 6.50. The molecule has 0 N–H and O–H groups in total. The summed E-state index contributed by atoms with van der Waals surface area (Å²) in [5.74, 6) is -2.75. The molecule has 0 spiro atoms. The molecule has 0 aliphatic rings. The summed E-state index contributed by atoms with van der Waals surface area (Å²) in [5, 5.41) is 29.9. The average Bonchev–Trinajstić information content (AvgIpc) is 2.76. The third kappa shape index (κ3) is 52.9. The molecule has 0 aliphatic heterocycles. The van der Waals surface area contributed by atoms with Gasteiger partial charge in [0.25, 0.3) is 0 Å². The molecule has 34 heavy (non-hydrogen) atoms. The Labute approximate surface area is 228 Å². The predicted octanol–water partition coefficient (Wildman–Crippen LogP) is 4.08. The fourth-order valence-electron chi connectivity index (χ4n) is 3.15. The van der Waals surface area contributed by atoms with Crippen molar-refractivity contribution >= 4 is 44.1 Å². The average molecular weight is 681 g/mol. The minimum atomic E-state index is -0.916. The summed E-state index contributed by atoms with van der Waals surface area (Å²) in [4.78, 5) is 29.9. The Morgan fingerprint density at radius 2 is 0.559 bits per heavy atom. The van der Waals surface area contributed by atoms with Gasteiger partial charge in [-0.25, -0.2) is 0 Å². The van der Waals surface area contributed by atoms with Crippen LogP contribution >= 0.6 is 0 Å². The van der Waals surface area contributed by atoms with Crippen LogP contribution in [0.2, 0.25) is 0 Å². The van der Waals surface area contributed by atoms with Crippen LogP contribution in [0.15, 0.2) is 0 Å². The molecule has 0 aromatic heterocycles. The Bertz CT molecular complexity index is 368. The Balaban J connectivity index is -0.000000196. The molecule has 0 saturated heterocycles. The van der Waals surface area contributed by atoms with E-state index in [0.29, 0.717) is 0 Å². The van der Waals surface area contributed by atoms with Crippen LogP contribution in [-0.4, -0.2) is 44.1 Å². The number of hydrogen-bond donors (Lipinski definition) is 0. The van der Waals surface area contributed by atoms with Gasteiger partial charge in [0, 0.05) is 17.9 Å². The number of unbranched alkanes of at least 4 members (excludes halogenated alkanes) is 15. The second-order valence-electron chi connectivity index (χ2n) is 8.67. The third-order valence-corrected chi connectivity index (χ3v) is 5.20. The maximum Gasteiger partial charge on any atom is 3.00 e. The summed E-state index contributed by atoms with van der Waals surface area (Å²) < 4.78 is 0. The van der Waals surface area contributed by atoms with Crippen molar-refractivity contribution in [2.45, 2.75) is 156 Å². The number of carboxylic acids is 3. The van der Waals surface area contributed by atoms with E-state index in [2.05, 4.69) is 20.8 Å². The molecule has 0 aliphatic carbocycles. The molecule has 0 amide bonds. The fourth-order valence-corrected chi connectivity index (χ4v) is 3.15. The van der Waals surface area contributed by atoms with E-state index in [1.807, 2.05) is 0 Å². The summed E-state index contributed by atoms with van der Waals surface area (Å²) in [7, 11) is 0. The van der Waals surface area contributed by atoms with Gasteiger partial charge in [-0.3, -0.25) is 0 Å². The zero-order valence-electron chi connectivity index (χ0n) is 22.2. The van der Waals surface area contributed by atoms with Crippen LogP contribution in [0.4, 0.5) is 0 Å². The van der Waals surface area contributed by atoms with Crippen molar-refractivity contribution in [2.24, 2.45) is 0 Å². The van der Waals surface area contributed by atoms with E-state index < -0.39 is 17.9 Å². The van der Waals surface area contributed by atoms with Crippen LogP contribution in [0.5, 0.6) is 0 Å². The summed E-state index contributed by atoms with van der Waals surface area (Å²) in [5.41, 5.74) is 0. The molecular weight excluding hydrogens is 629 g/mol. The molecule has 0 aromatic carbocycles. The van der Waals surface area contributed by atoms with E-state index in [-0.39, 0.29) is 45.5 Å². The molecule has 7 heteroatoms. The number of carbonyl (C=O) groups excluding carboxylic acids is 3. The van der Waals surface area contributed by atoms with Crippen molar-refractivity contribution in [3.63, 3.8) is 0 Å². The van der Waals surface area contributed by atoms with E-state index >= 15 is 0 Å². The number of rotatable bonds is 21. The molecule has 6 nitrogen and oxygen atoms in total. The van der Waals surface area contributed by atoms with Crippen molar-refractivity contribution in [2.75, 3.05) is 0 Å². The molecule has 0 bridgehead atoms. The first-order chi connectivity index (χ1) is 15.8. The maximum absolute atomic E-state index is 9.98. The molecule has 2 radical (unpaired) electrons. The second kappa shape index (κ2) is 36.9. The van der Waals surface area contributed by atoms with Crippen LogP contribution in [0.3, 0.4) is 0 Å². The van der Waals surface area contributed by atoms with Gasteiger partial charge in [-0.2, -0.15) is 0 Å². The van der Waals surface area contributed by atoms with Crippen LogP contribution < -0.4 is 15.3 Å². The molecular formula is C27H51BiO6. The van der Waals surface area contributed by atoms with Gasteiger partial charge < -0.3 is 29.7 Å². The zero-order chi connectivity index (χ0) is 25.6. The fraction of sp³-hybridized carbons (Fsp3) is 0.889. The third-order valence-electron chi connectivity index (χ3n) is 5.20. The van der Waals surface area contributed by atoms with E-state index in [1.165, 1.54) is 77.0 Å². The first-order valence-corrected chi connectivity index (χ1v) is 13.4. The standard InChI is InChI=1S/3C9H18O2.Bi/c3*1-2-3-4-5-6-7-8-9(10)11;/h3*2-8H2,1H3,(H,10,11);/q;;;+3/p-3. The molecule has 0 fully saturated rings. The molecule has 200 valence electrons. The van der Waals surface area contributed by atoms with Crippen LogP contribution in [0.1, 0.15) is 156 Å². The largest absolute Gasteiger partial charge is 3.00 e. The van der Waals surface area contributed by atoms with Gasteiger partial charge in [-0.1, -0.05) is 117 Å². The topological polar surface area (TPSA) is 120 Å². The summed E-state index contributed by atoms with van der Waals surface area (Å²) >= 11 is 0. The molecule has 0 unspecified atom stereocenters. The molecule has 0 aromatic rings. The van der Waals surface area contributed by atoms with Gasteiger partial charge in [0.15, 0.2) is 0 Å². The van der Waals surface area contributed by atoms with Crippen LogP contribution in [0.25, 0.3) is 0 Å². The van der Waals surface area contributed by atoms with Gasteiger partial charge in [0.2, 0.25) is 0 Å². The van der Waals surface area contributed by atoms with Gasteiger partial charge in [0.1, 0.15) is 0 Å². The predicted molar refractivity (Wildman–Crippen MR) is 135 cm³/mol. The Hall–Kier alpha value is -0.707. The number of hydrogen-bond acceptors (Lipinski definition) is 6. The van der Waals surface area contributed by atoms with E-state index in [9.17, 15) is 29.7 Å². The van der Waals surface area contributed by atoms with Crippen LogP contribution in [-0.2, 0) is 14.4 Å². The smallest absolute Gasteiger partial charge is 0.550 e. The van der Waals surface area contributed by atoms with Gasteiger partial charge in [0.05, 0.1) is 0 Å². The summed E-state index contributed by atoms with van der Waals surface area (Å²) in [6.07, 6.45) is 20.9. The Morgan fingerprint density at radius 1 is 0.382 bits per heavy atom. The first kappa shape index (κ1) is 40.5.